The van der Waals surface area contributed by atoms with E-state index < -0.39 is 41.3 Å². The Kier molecular flexibility index (Phi) is 9.95. The molecule has 9 N–H and O–H groups in total. The first-order chi connectivity index (χ1) is 12.3. The maximum Gasteiger partial charge on any atom is 0.331 e. The van der Waals surface area contributed by atoms with Gasteiger partial charge in [0.25, 0.3) is 0 Å². The molecule has 10 heteroatoms. The van der Waals surface area contributed by atoms with Gasteiger partial charge < -0.3 is 32.9 Å². The van der Waals surface area contributed by atoms with Crippen molar-refractivity contribution in [3.8, 4) is 0 Å². The molecule has 0 spiro atoms. The fourth-order valence-corrected chi connectivity index (χ4v) is 2.50. The van der Waals surface area contributed by atoms with Crippen LogP contribution in [0.2, 0.25) is 0 Å². The second kappa shape index (κ2) is 10.8. The second-order valence-electron chi connectivity index (χ2n) is 7.50. The Hall–Kier alpha value is -2.20. The number of primary amides is 1. The zero-order valence-electron chi connectivity index (χ0n) is 16.5. The number of ketones is 1. The third-order valence-electron chi connectivity index (χ3n) is 4.23. The normalized spacial score (nSPS) is 15.7. The van der Waals surface area contributed by atoms with Crippen LogP contribution < -0.4 is 27.8 Å². The average Bonchev–Trinajstić information content (AvgIpc) is 2.55. The van der Waals surface area contributed by atoms with Crippen molar-refractivity contribution in [3.63, 3.8) is 0 Å². The van der Waals surface area contributed by atoms with E-state index >= 15 is 0 Å². The molecule has 0 heterocycles. The molecule has 0 fully saturated rings. The van der Waals surface area contributed by atoms with Crippen molar-refractivity contribution in [3.05, 3.63) is 0 Å². The molecular formula is C17H33N5O5. The van der Waals surface area contributed by atoms with Crippen molar-refractivity contribution in [2.24, 2.45) is 29.0 Å². The Balaban J connectivity index is 5.39. The molecule has 3 unspecified atom stereocenters. The lowest BCUT2D eigenvalue weighted by molar-refractivity contribution is -0.150. The summed E-state index contributed by atoms with van der Waals surface area (Å²) in [4.78, 5) is 47.6. The first-order valence-electron chi connectivity index (χ1n) is 8.98. The molecule has 3 amide bonds. The van der Waals surface area contributed by atoms with Gasteiger partial charge in [0.2, 0.25) is 5.91 Å². The molecule has 0 aliphatic rings. The quantitative estimate of drug-likeness (QED) is 0.188. The molecule has 0 aromatic rings. The molecule has 0 saturated heterocycles. The van der Waals surface area contributed by atoms with Crippen LogP contribution in [0.3, 0.4) is 0 Å². The Morgan fingerprint density at radius 1 is 1.11 bits per heavy atom. The van der Waals surface area contributed by atoms with Gasteiger partial charge in [0.05, 0.1) is 12.1 Å². The lowest BCUT2D eigenvalue weighted by Crippen LogP contribution is -2.63. The van der Waals surface area contributed by atoms with Gasteiger partial charge in [0, 0.05) is 6.54 Å². The first-order valence-corrected chi connectivity index (χ1v) is 8.98. The number of urea groups is 1. The van der Waals surface area contributed by atoms with E-state index in [2.05, 4.69) is 10.6 Å². The van der Waals surface area contributed by atoms with Gasteiger partial charge in [-0.05, 0) is 31.1 Å². The minimum Gasteiger partial charge on any atom is -0.480 e. The van der Waals surface area contributed by atoms with Crippen molar-refractivity contribution >= 4 is 23.7 Å². The standard InChI is InChI=1S/C17H33N5O5/c1-9(2)8-11(22-14(24)12(18)10(3)4)13(23)17(20,15(25)26)6-5-7-21-16(19)27/h9-12H,5-8,18,20H2,1-4H3,(H,22,24)(H,25,26)(H3,19,21,27). The van der Waals surface area contributed by atoms with Crippen LogP contribution in [-0.2, 0) is 14.4 Å². The van der Waals surface area contributed by atoms with E-state index in [1.807, 2.05) is 13.8 Å². The van der Waals surface area contributed by atoms with Crippen molar-refractivity contribution in [2.75, 3.05) is 6.54 Å². The highest BCUT2D eigenvalue weighted by atomic mass is 16.4. The average molecular weight is 387 g/mol. The number of carbonyl (C=O) groups is 4. The molecule has 0 bridgehead atoms. The summed E-state index contributed by atoms with van der Waals surface area (Å²) in [5.41, 5.74) is 14.5. The number of hydrogen-bond donors (Lipinski definition) is 6. The monoisotopic (exact) mass is 387 g/mol. The van der Waals surface area contributed by atoms with E-state index in [4.69, 9.17) is 17.2 Å². The van der Waals surface area contributed by atoms with Crippen LogP contribution in [0.4, 0.5) is 4.79 Å². The summed E-state index contributed by atoms with van der Waals surface area (Å²) in [5, 5.41) is 14.4. The predicted molar refractivity (Wildman–Crippen MR) is 101 cm³/mol. The summed E-state index contributed by atoms with van der Waals surface area (Å²) in [7, 11) is 0. The van der Waals surface area contributed by atoms with Crippen LogP contribution in [0, 0.1) is 11.8 Å². The van der Waals surface area contributed by atoms with Crippen LogP contribution in [0.1, 0.15) is 47.0 Å². The van der Waals surface area contributed by atoms with E-state index in [1.54, 1.807) is 13.8 Å². The van der Waals surface area contributed by atoms with Gasteiger partial charge in [0.15, 0.2) is 11.3 Å². The molecule has 27 heavy (non-hydrogen) atoms. The number of carboxylic acids is 1. The van der Waals surface area contributed by atoms with E-state index in [9.17, 15) is 24.3 Å². The Bertz CT molecular complexity index is 552. The fourth-order valence-electron chi connectivity index (χ4n) is 2.50. The molecular weight excluding hydrogens is 354 g/mol. The maximum absolute atomic E-state index is 12.9. The number of aliphatic carboxylic acids is 1. The minimum absolute atomic E-state index is 0.00379. The van der Waals surface area contributed by atoms with Crippen molar-refractivity contribution in [1.82, 2.24) is 10.6 Å². The highest BCUT2D eigenvalue weighted by Crippen LogP contribution is 2.18. The van der Waals surface area contributed by atoms with Crippen LogP contribution in [-0.4, -0.2) is 53.0 Å². The molecule has 3 atom stereocenters. The Labute approximate surface area is 159 Å². The Morgan fingerprint density at radius 2 is 1.67 bits per heavy atom. The van der Waals surface area contributed by atoms with Gasteiger partial charge in [-0.2, -0.15) is 0 Å². The van der Waals surface area contributed by atoms with Gasteiger partial charge in [-0.25, -0.2) is 9.59 Å². The summed E-state index contributed by atoms with van der Waals surface area (Å²) in [5.74, 6) is -2.98. The van der Waals surface area contributed by atoms with Crippen LogP contribution in [0.5, 0.6) is 0 Å². The lowest BCUT2D eigenvalue weighted by atomic mass is 9.83. The number of nitrogens with one attached hydrogen (secondary N) is 2. The molecule has 0 rings (SSSR count). The van der Waals surface area contributed by atoms with Gasteiger partial charge in [-0.1, -0.05) is 27.7 Å². The first kappa shape index (κ1) is 24.8. The van der Waals surface area contributed by atoms with Crippen LogP contribution in [0.25, 0.3) is 0 Å². The fraction of sp³-hybridized carbons (Fsp3) is 0.765. The number of carboxylic acid groups (broad SMARTS) is 1. The van der Waals surface area contributed by atoms with Crippen molar-refractivity contribution < 1.29 is 24.3 Å². The number of Topliss-reactive ketones (excluding diaryl/α,β-unsaturated/α-hetero) is 1. The zero-order chi connectivity index (χ0) is 21.4. The van der Waals surface area contributed by atoms with E-state index in [0.29, 0.717) is 0 Å². The van der Waals surface area contributed by atoms with Crippen LogP contribution in [0.15, 0.2) is 0 Å². The number of rotatable bonds is 12. The summed E-state index contributed by atoms with van der Waals surface area (Å²) in [6.07, 6.45) is 0.134. The molecule has 156 valence electrons. The van der Waals surface area contributed by atoms with Crippen LogP contribution >= 0.6 is 0 Å². The minimum atomic E-state index is -2.20. The second-order valence-corrected chi connectivity index (χ2v) is 7.50. The number of nitrogens with two attached hydrogens (primary N) is 3. The van der Waals surface area contributed by atoms with Gasteiger partial charge in [-0.3, -0.25) is 9.59 Å². The molecule has 0 radical (unpaired) electrons. The van der Waals surface area contributed by atoms with Crippen molar-refractivity contribution in [2.45, 2.75) is 64.6 Å². The molecule has 0 aliphatic carbocycles. The smallest absolute Gasteiger partial charge is 0.331 e. The predicted octanol–water partition coefficient (Wildman–Crippen LogP) is -0.700. The molecule has 0 aromatic carbocycles. The largest absolute Gasteiger partial charge is 0.480 e. The third-order valence-corrected chi connectivity index (χ3v) is 4.23. The maximum atomic E-state index is 12.9. The zero-order valence-corrected chi connectivity index (χ0v) is 16.5. The highest BCUT2D eigenvalue weighted by molar-refractivity contribution is 6.10. The highest BCUT2D eigenvalue weighted by Gasteiger charge is 2.45. The summed E-state index contributed by atoms with van der Waals surface area (Å²) in [6, 6.07) is -2.66. The van der Waals surface area contributed by atoms with Gasteiger partial charge in [-0.15, -0.1) is 0 Å². The number of carbonyl (C=O) groups excluding carboxylic acids is 3. The van der Waals surface area contributed by atoms with E-state index in [1.165, 1.54) is 0 Å². The molecule has 0 saturated carbocycles. The molecule has 10 nitrogen and oxygen atoms in total. The van der Waals surface area contributed by atoms with Crippen molar-refractivity contribution in [1.29, 1.82) is 0 Å². The molecule has 0 aliphatic heterocycles. The third kappa shape index (κ3) is 7.92. The molecule has 0 aromatic heterocycles. The number of hydrogen-bond acceptors (Lipinski definition) is 6. The summed E-state index contributed by atoms with van der Waals surface area (Å²) in [6.45, 7) is 7.28. The van der Waals surface area contributed by atoms with Gasteiger partial charge in [0.1, 0.15) is 0 Å². The number of amides is 3. The summed E-state index contributed by atoms with van der Waals surface area (Å²) >= 11 is 0. The van der Waals surface area contributed by atoms with E-state index in [0.717, 1.165) is 0 Å². The lowest BCUT2D eigenvalue weighted by Gasteiger charge is -2.30. The Morgan fingerprint density at radius 3 is 2.07 bits per heavy atom. The van der Waals surface area contributed by atoms with Gasteiger partial charge >= 0.3 is 12.0 Å². The topological polar surface area (TPSA) is 191 Å². The van der Waals surface area contributed by atoms with E-state index in [-0.39, 0.29) is 37.6 Å². The summed E-state index contributed by atoms with van der Waals surface area (Å²) < 4.78 is 0. The SMILES string of the molecule is CC(C)CC(NC(=O)C(N)C(C)C)C(=O)C(N)(CCCNC(N)=O)C(=O)O.